The third kappa shape index (κ3) is 6.19. The summed E-state index contributed by atoms with van der Waals surface area (Å²) in [5.41, 5.74) is 9.39. The van der Waals surface area contributed by atoms with Crippen LogP contribution in [0.1, 0.15) is 41.5 Å². The number of carbonyl (C=O) groups excluding carboxylic acids is 2. The van der Waals surface area contributed by atoms with Gasteiger partial charge in [0, 0.05) is 25.2 Å². The second kappa shape index (κ2) is 10.5. The van der Waals surface area contributed by atoms with E-state index in [1.807, 2.05) is 42.2 Å². The summed E-state index contributed by atoms with van der Waals surface area (Å²) in [4.78, 5) is 26.5. The van der Waals surface area contributed by atoms with Crippen LogP contribution in [0.4, 0.5) is 5.69 Å². The molecule has 0 saturated carbocycles. The Kier molecular flexibility index (Phi) is 7.88. The number of primary amides is 1. The van der Waals surface area contributed by atoms with Gasteiger partial charge in [-0.3, -0.25) is 14.5 Å². The highest BCUT2D eigenvalue weighted by Crippen LogP contribution is 2.24. The molecule has 0 radical (unpaired) electrons. The lowest BCUT2D eigenvalue weighted by molar-refractivity contribution is -0.122. The Morgan fingerprint density at radius 2 is 1.79 bits per heavy atom. The van der Waals surface area contributed by atoms with E-state index in [0.717, 1.165) is 30.5 Å². The van der Waals surface area contributed by atoms with Crippen molar-refractivity contribution in [3.63, 3.8) is 0 Å². The van der Waals surface area contributed by atoms with Gasteiger partial charge in [-0.1, -0.05) is 35.9 Å². The predicted octanol–water partition coefficient (Wildman–Crippen LogP) is 2.37. The monoisotopic (exact) mass is 472 g/mol. The van der Waals surface area contributed by atoms with Crippen LogP contribution >= 0.6 is 0 Å². The zero-order valence-electron chi connectivity index (χ0n) is 19.3. The van der Waals surface area contributed by atoms with Crippen LogP contribution in [0.5, 0.6) is 0 Å². The fourth-order valence-electron chi connectivity index (χ4n) is 4.51. The number of benzene rings is 2. The Bertz CT molecular complexity index is 1120. The van der Waals surface area contributed by atoms with E-state index < -0.39 is 10.0 Å². The SMILES string of the molecule is Cc1cc(C)c(S(=O)(=O)NCCC(=O)Nc2ccccc2CN2CCCC2C(N)=O)c(C)c1. The highest BCUT2D eigenvalue weighted by Gasteiger charge is 2.29. The number of nitrogens with zero attached hydrogens (tertiary/aromatic N) is 1. The van der Waals surface area contributed by atoms with Crippen molar-refractivity contribution in [3.05, 3.63) is 58.7 Å². The van der Waals surface area contributed by atoms with Gasteiger partial charge in [-0.05, 0) is 62.9 Å². The predicted molar refractivity (Wildman–Crippen MR) is 128 cm³/mol. The van der Waals surface area contributed by atoms with Crippen LogP contribution in [-0.2, 0) is 26.2 Å². The Morgan fingerprint density at radius 3 is 2.45 bits per heavy atom. The summed E-state index contributed by atoms with van der Waals surface area (Å²) in [5, 5.41) is 2.87. The van der Waals surface area contributed by atoms with E-state index in [2.05, 4.69) is 10.0 Å². The van der Waals surface area contributed by atoms with Crippen molar-refractivity contribution in [2.75, 3.05) is 18.4 Å². The minimum Gasteiger partial charge on any atom is -0.368 e. The molecule has 0 bridgehead atoms. The zero-order chi connectivity index (χ0) is 24.2. The van der Waals surface area contributed by atoms with Gasteiger partial charge in [0.25, 0.3) is 0 Å². The molecule has 1 saturated heterocycles. The topological polar surface area (TPSA) is 122 Å². The molecule has 4 N–H and O–H groups in total. The first kappa shape index (κ1) is 24.9. The fraction of sp³-hybridized carbons (Fsp3) is 0.417. The van der Waals surface area contributed by atoms with Crippen LogP contribution in [0.15, 0.2) is 41.3 Å². The van der Waals surface area contributed by atoms with Crippen molar-refractivity contribution in [2.45, 2.75) is 57.5 Å². The zero-order valence-corrected chi connectivity index (χ0v) is 20.2. The first-order chi connectivity index (χ1) is 15.6. The highest BCUT2D eigenvalue weighted by atomic mass is 32.2. The van der Waals surface area contributed by atoms with Crippen LogP contribution in [0.3, 0.4) is 0 Å². The van der Waals surface area contributed by atoms with Crippen molar-refractivity contribution in [1.82, 2.24) is 9.62 Å². The third-order valence-electron chi connectivity index (χ3n) is 5.87. The van der Waals surface area contributed by atoms with Gasteiger partial charge in [0.15, 0.2) is 0 Å². The van der Waals surface area contributed by atoms with E-state index in [1.54, 1.807) is 19.9 Å². The summed E-state index contributed by atoms with van der Waals surface area (Å²) in [5.74, 6) is -0.629. The average molecular weight is 473 g/mol. The molecule has 1 aliphatic rings. The van der Waals surface area contributed by atoms with Gasteiger partial charge in [0.2, 0.25) is 21.8 Å². The number of carbonyl (C=O) groups is 2. The summed E-state index contributed by atoms with van der Waals surface area (Å²) in [6.07, 6.45) is 1.64. The molecule has 9 heteroatoms. The van der Waals surface area contributed by atoms with Gasteiger partial charge in [-0.25, -0.2) is 13.1 Å². The second-order valence-electron chi connectivity index (χ2n) is 8.61. The molecule has 1 heterocycles. The van der Waals surface area contributed by atoms with Gasteiger partial charge in [-0.15, -0.1) is 0 Å². The Hall–Kier alpha value is -2.75. The summed E-state index contributed by atoms with van der Waals surface area (Å²) in [6, 6.07) is 10.8. The number of para-hydroxylation sites is 1. The molecule has 2 aromatic rings. The lowest BCUT2D eigenvalue weighted by Crippen LogP contribution is -2.39. The van der Waals surface area contributed by atoms with Crippen molar-refractivity contribution < 1.29 is 18.0 Å². The number of aryl methyl sites for hydroxylation is 3. The molecule has 1 atom stereocenters. The van der Waals surface area contributed by atoms with Crippen molar-refractivity contribution in [2.24, 2.45) is 5.73 Å². The maximum Gasteiger partial charge on any atom is 0.241 e. The number of sulfonamides is 1. The summed E-state index contributed by atoms with van der Waals surface area (Å²) in [7, 11) is -3.73. The lowest BCUT2D eigenvalue weighted by atomic mass is 10.1. The molecule has 2 amide bonds. The van der Waals surface area contributed by atoms with Gasteiger partial charge in [-0.2, -0.15) is 0 Å². The van der Waals surface area contributed by atoms with Crippen molar-refractivity contribution >= 4 is 27.5 Å². The van der Waals surface area contributed by atoms with Gasteiger partial charge in [0.1, 0.15) is 0 Å². The Balaban J connectivity index is 1.60. The molecule has 0 aliphatic carbocycles. The number of nitrogens with two attached hydrogens (primary N) is 1. The molecule has 2 aromatic carbocycles. The fourth-order valence-corrected chi connectivity index (χ4v) is 5.99. The molecule has 0 spiro atoms. The largest absolute Gasteiger partial charge is 0.368 e. The van der Waals surface area contributed by atoms with E-state index >= 15 is 0 Å². The summed E-state index contributed by atoms with van der Waals surface area (Å²) < 4.78 is 28.1. The van der Waals surface area contributed by atoms with Gasteiger partial charge in [0.05, 0.1) is 10.9 Å². The molecule has 8 nitrogen and oxygen atoms in total. The molecule has 33 heavy (non-hydrogen) atoms. The number of likely N-dealkylation sites (tertiary alicyclic amines) is 1. The quantitative estimate of drug-likeness (QED) is 0.517. The molecule has 1 aliphatic heterocycles. The molecule has 1 unspecified atom stereocenters. The van der Waals surface area contributed by atoms with Crippen molar-refractivity contribution in [3.8, 4) is 0 Å². The molecule has 3 rings (SSSR count). The Morgan fingerprint density at radius 1 is 1.12 bits per heavy atom. The smallest absolute Gasteiger partial charge is 0.241 e. The van der Waals surface area contributed by atoms with E-state index in [4.69, 9.17) is 5.73 Å². The number of anilines is 1. The van der Waals surface area contributed by atoms with Gasteiger partial charge < -0.3 is 11.1 Å². The summed E-state index contributed by atoms with van der Waals surface area (Å²) in [6.45, 7) is 6.71. The van der Waals surface area contributed by atoms with Crippen LogP contribution in [0.2, 0.25) is 0 Å². The first-order valence-electron chi connectivity index (χ1n) is 11.1. The third-order valence-corrected chi connectivity index (χ3v) is 7.64. The van der Waals surface area contributed by atoms with E-state index in [9.17, 15) is 18.0 Å². The molecular formula is C24H32N4O4S. The molecular weight excluding hydrogens is 440 g/mol. The first-order valence-corrected chi connectivity index (χ1v) is 12.6. The highest BCUT2D eigenvalue weighted by molar-refractivity contribution is 7.89. The number of rotatable bonds is 9. The van der Waals surface area contributed by atoms with Gasteiger partial charge >= 0.3 is 0 Å². The van der Waals surface area contributed by atoms with Crippen LogP contribution < -0.4 is 15.8 Å². The molecule has 178 valence electrons. The summed E-state index contributed by atoms with van der Waals surface area (Å²) >= 11 is 0. The maximum atomic E-state index is 12.8. The van der Waals surface area contributed by atoms with Crippen LogP contribution in [-0.4, -0.2) is 44.3 Å². The van der Waals surface area contributed by atoms with Crippen LogP contribution in [0.25, 0.3) is 0 Å². The number of nitrogens with one attached hydrogen (secondary N) is 2. The maximum absolute atomic E-state index is 12.8. The second-order valence-corrected chi connectivity index (χ2v) is 10.3. The van der Waals surface area contributed by atoms with Crippen molar-refractivity contribution in [1.29, 1.82) is 0 Å². The number of hydrogen-bond donors (Lipinski definition) is 3. The van der Waals surface area contributed by atoms with E-state index in [0.29, 0.717) is 23.4 Å². The normalized spacial score (nSPS) is 16.6. The Labute approximate surface area is 195 Å². The standard InChI is InChI=1S/C24H32N4O4S/c1-16-13-17(2)23(18(3)14-16)33(31,32)26-11-10-22(29)27-20-8-5-4-7-19(20)15-28-12-6-9-21(28)24(25)30/h4-5,7-8,13-14,21,26H,6,9-12,15H2,1-3H3,(H2,25,30)(H,27,29). The number of amides is 2. The minimum absolute atomic E-state index is 0.00878. The minimum atomic E-state index is -3.73. The van der Waals surface area contributed by atoms with Crippen LogP contribution in [0, 0.1) is 20.8 Å². The molecule has 1 fully saturated rings. The average Bonchev–Trinajstić information content (AvgIpc) is 3.16. The van der Waals surface area contributed by atoms with E-state index in [1.165, 1.54) is 0 Å². The number of hydrogen-bond acceptors (Lipinski definition) is 5. The molecule has 0 aromatic heterocycles. The lowest BCUT2D eigenvalue weighted by Gasteiger charge is -2.23. The van der Waals surface area contributed by atoms with E-state index in [-0.39, 0.29) is 35.7 Å².